The molecule has 1 atom stereocenters. The first-order valence-corrected chi connectivity index (χ1v) is 6.49. The molecule has 0 N–H and O–H groups in total. The molecule has 18 heavy (non-hydrogen) atoms. The van der Waals surface area contributed by atoms with Gasteiger partial charge in [0.25, 0.3) is 0 Å². The van der Waals surface area contributed by atoms with Gasteiger partial charge in [0.2, 0.25) is 5.91 Å². The average Bonchev–Trinajstić information content (AvgIpc) is 2.32. The normalized spacial score (nSPS) is 20.0. The van der Waals surface area contributed by atoms with Gasteiger partial charge >= 0.3 is 0 Å². The summed E-state index contributed by atoms with van der Waals surface area (Å²) in [6.07, 6.45) is 0.823. The van der Waals surface area contributed by atoms with Crippen LogP contribution in [0.4, 0.5) is 0 Å². The van der Waals surface area contributed by atoms with E-state index >= 15 is 0 Å². The molecule has 1 saturated heterocycles. The lowest BCUT2D eigenvalue weighted by Crippen LogP contribution is -2.43. The van der Waals surface area contributed by atoms with Crippen LogP contribution in [0.5, 0.6) is 0 Å². The third-order valence-electron chi connectivity index (χ3n) is 3.27. The quantitative estimate of drug-likeness (QED) is 0.823. The number of likely N-dealkylation sites (tertiary alicyclic amines) is 1. The molecule has 1 aliphatic rings. The Kier molecular flexibility index (Phi) is 4.02. The third kappa shape index (κ3) is 3.10. The SMILES string of the molecule is CC1CN(C(=O)Cc2cccc(Cl)c2)CCC1=O. The molecule has 2 rings (SSSR count). The van der Waals surface area contributed by atoms with Gasteiger partial charge in [-0.3, -0.25) is 9.59 Å². The van der Waals surface area contributed by atoms with Gasteiger partial charge < -0.3 is 4.90 Å². The molecule has 3 nitrogen and oxygen atoms in total. The summed E-state index contributed by atoms with van der Waals surface area (Å²) >= 11 is 5.89. The Morgan fingerprint density at radius 2 is 2.28 bits per heavy atom. The van der Waals surface area contributed by atoms with E-state index in [1.165, 1.54) is 0 Å². The van der Waals surface area contributed by atoms with E-state index in [0.29, 0.717) is 31.0 Å². The molecule has 4 heteroatoms. The molecular weight excluding hydrogens is 250 g/mol. The Labute approximate surface area is 112 Å². The molecule has 0 saturated carbocycles. The van der Waals surface area contributed by atoms with Gasteiger partial charge in [-0.05, 0) is 17.7 Å². The fourth-order valence-electron chi connectivity index (χ4n) is 2.18. The summed E-state index contributed by atoms with van der Waals surface area (Å²) in [7, 11) is 0. The fourth-order valence-corrected chi connectivity index (χ4v) is 2.39. The zero-order valence-electron chi connectivity index (χ0n) is 10.4. The molecule has 1 aliphatic heterocycles. The number of rotatable bonds is 2. The Hall–Kier alpha value is -1.35. The second-order valence-electron chi connectivity index (χ2n) is 4.76. The molecule has 1 aromatic carbocycles. The maximum absolute atomic E-state index is 12.1. The van der Waals surface area contributed by atoms with Crippen molar-refractivity contribution in [3.05, 3.63) is 34.9 Å². The summed E-state index contributed by atoms with van der Waals surface area (Å²) in [4.78, 5) is 25.3. The van der Waals surface area contributed by atoms with E-state index in [1.54, 1.807) is 17.0 Å². The monoisotopic (exact) mass is 265 g/mol. The van der Waals surface area contributed by atoms with E-state index in [0.717, 1.165) is 5.56 Å². The van der Waals surface area contributed by atoms with Crippen molar-refractivity contribution in [2.45, 2.75) is 19.8 Å². The molecule has 1 unspecified atom stereocenters. The molecule has 0 spiro atoms. The standard InChI is InChI=1S/C14H16ClNO2/c1-10-9-16(6-5-13(10)17)14(18)8-11-3-2-4-12(15)7-11/h2-4,7,10H,5-6,8-9H2,1H3. The van der Waals surface area contributed by atoms with Gasteiger partial charge in [0.15, 0.2) is 0 Å². The predicted molar refractivity (Wildman–Crippen MR) is 70.5 cm³/mol. The van der Waals surface area contributed by atoms with Crippen LogP contribution in [-0.4, -0.2) is 29.7 Å². The van der Waals surface area contributed by atoms with Gasteiger partial charge in [-0.2, -0.15) is 0 Å². The smallest absolute Gasteiger partial charge is 0.227 e. The molecule has 1 aromatic rings. The summed E-state index contributed by atoms with van der Waals surface area (Å²) < 4.78 is 0. The number of piperidine rings is 1. The molecule has 1 fully saturated rings. The van der Waals surface area contributed by atoms with Crippen LogP contribution in [0.1, 0.15) is 18.9 Å². The highest BCUT2D eigenvalue weighted by Gasteiger charge is 2.26. The number of ketones is 1. The lowest BCUT2D eigenvalue weighted by atomic mass is 9.98. The highest BCUT2D eigenvalue weighted by atomic mass is 35.5. The lowest BCUT2D eigenvalue weighted by Gasteiger charge is -2.30. The number of carbonyl (C=O) groups is 2. The number of amides is 1. The zero-order valence-corrected chi connectivity index (χ0v) is 11.1. The minimum atomic E-state index is -0.0398. The molecule has 1 heterocycles. The number of carbonyl (C=O) groups excluding carboxylic acids is 2. The maximum Gasteiger partial charge on any atom is 0.227 e. The minimum absolute atomic E-state index is 0.0398. The minimum Gasteiger partial charge on any atom is -0.341 e. The largest absolute Gasteiger partial charge is 0.341 e. The van der Waals surface area contributed by atoms with Crippen LogP contribution < -0.4 is 0 Å². The lowest BCUT2D eigenvalue weighted by molar-refractivity contribution is -0.136. The second-order valence-corrected chi connectivity index (χ2v) is 5.20. The topological polar surface area (TPSA) is 37.4 Å². The first kappa shape index (κ1) is 13.1. The third-order valence-corrected chi connectivity index (χ3v) is 3.50. The van der Waals surface area contributed by atoms with Crippen molar-refractivity contribution < 1.29 is 9.59 Å². The first-order chi connectivity index (χ1) is 8.56. The van der Waals surface area contributed by atoms with Crippen molar-refractivity contribution in [1.82, 2.24) is 4.90 Å². The number of hydrogen-bond donors (Lipinski definition) is 0. The summed E-state index contributed by atoms with van der Waals surface area (Å²) in [6.45, 7) is 2.96. The fraction of sp³-hybridized carbons (Fsp3) is 0.429. The molecule has 0 aromatic heterocycles. The summed E-state index contributed by atoms with van der Waals surface area (Å²) in [5, 5.41) is 0.641. The van der Waals surface area contributed by atoms with Crippen LogP contribution in [0.15, 0.2) is 24.3 Å². The van der Waals surface area contributed by atoms with E-state index in [2.05, 4.69) is 0 Å². The van der Waals surface area contributed by atoms with Crippen LogP contribution >= 0.6 is 11.6 Å². The predicted octanol–water partition coefficient (Wildman–Crippen LogP) is 2.32. The Morgan fingerprint density at radius 3 is 2.94 bits per heavy atom. The van der Waals surface area contributed by atoms with Gasteiger partial charge in [-0.1, -0.05) is 30.7 Å². The maximum atomic E-state index is 12.1. The number of Topliss-reactive ketones (excluding diaryl/α,β-unsaturated/α-hetero) is 1. The Morgan fingerprint density at radius 1 is 1.50 bits per heavy atom. The Balaban J connectivity index is 1.98. The van der Waals surface area contributed by atoms with E-state index in [9.17, 15) is 9.59 Å². The summed E-state index contributed by atoms with van der Waals surface area (Å²) in [6, 6.07) is 7.32. The molecule has 0 bridgehead atoms. The second kappa shape index (κ2) is 5.53. The van der Waals surface area contributed by atoms with Crippen LogP contribution in [0.3, 0.4) is 0 Å². The molecular formula is C14H16ClNO2. The average molecular weight is 266 g/mol. The van der Waals surface area contributed by atoms with Gasteiger partial charge in [0, 0.05) is 30.5 Å². The number of halogens is 1. The molecule has 0 radical (unpaired) electrons. The molecule has 96 valence electrons. The molecule has 1 amide bonds. The van der Waals surface area contributed by atoms with E-state index in [4.69, 9.17) is 11.6 Å². The van der Waals surface area contributed by atoms with Crippen molar-refractivity contribution in [1.29, 1.82) is 0 Å². The Bertz CT molecular complexity index is 473. The number of benzene rings is 1. The van der Waals surface area contributed by atoms with Crippen molar-refractivity contribution in [2.24, 2.45) is 5.92 Å². The van der Waals surface area contributed by atoms with Crippen LogP contribution in [0.2, 0.25) is 5.02 Å². The van der Waals surface area contributed by atoms with Gasteiger partial charge in [0.1, 0.15) is 5.78 Å². The van der Waals surface area contributed by atoms with Crippen LogP contribution in [0, 0.1) is 5.92 Å². The van der Waals surface area contributed by atoms with Crippen molar-refractivity contribution in [3.63, 3.8) is 0 Å². The summed E-state index contributed by atoms with van der Waals surface area (Å²) in [5.41, 5.74) is 0.914. The van der Waals surface area contributed by atoms with Crippen LogP contribution in [0.25, 0.3) is 0 Å². The number of nitrogens with zero attached hydrogens (tertiary/aromatic N) is 1. The van der Waals surface area contributed by atoms with E-state index in [1.807, 2.05) is 19.1 Å². The van der Waals surface area contributed by atoms with Crippen molar-refractivity contribution in [3.8, 4) is 0 Å². The summed E-state index contributed by atoms with van der Waals surface area (Å²) in [5.74, 6) is 0.278. The first-order valence-electron chi connectivity index (χ1n) is 6.11. The zero-order chi connectivity index (χ0) is 13.1. The highest BCUT2D eigenvalue weighted by molar-refractivity contribution is 6.30. The highest BCUT2D eigenvalue weighted by Crippen LogP contribution is 2.15. The van der Waals surface area contributed by atoms with Gasteiger partial charge in [-0.15, -0.1) is 0 Å². The number of hydrogen-bond acceptors (Lipinski definition) is 2. The van der Waals surface area contributed by atoms with E-state index in [-0.39, 0.29) is 17.6 Å². The van der Waals surface area contributed by atoms with Crippen LogP contribution in [-0.2, 0) is 16.0 Å². The molecule has 0 aliphatic carbocycles. The van der Waals surface area contributed by atoms with Crippen molar-refractivity contribution in [2.75, 3.05) is 13.1 Å². The van der Waals surface area contributed by atoms with E-state index < -0.39 is 0 Å². The van der Waals surface area contributed by atoms with Gasteiger partial charge in [-0.25, -0.2) is 0 Å². The van der Waals surface area contributed by atoms with Crippen molar-refractivity contribution >= 4 is 23.3 Å². The van der Waals surface area contributed by atoms with Gasteiger partial charge in [0.05, 0.1) is 6.42 Å².